The Labute approximate surface area is 260 Å². The van der Waals surface area contributed by atoms with Crippen LogP contribution in [-0.4, -0.2) is 15.0 Å². The Morgan fingerprint density at radius 3 is 2.33 bits per heavy atom. The largest absolute Gasteiger partial charge is 0.456 e. The van der Waals surface area contributed by atoms with E-state index in [0.717, 1.165) is 56.2 Å². The van der Waals surface area contributed by atoms with E-state index in [-0.39, 0.29) is 0 Å². The van der Waals surface area contributed by atoms with E-state index in [2.05, 4.69) is 103 Å². The van der Waals surface area contributed by atoms with E-state index in [9.17, 15) is 0 Å². The summed E-state index contributed by atoms with van der Waals surface area (Å²) in [5.41, 5.74) is 8.10. The molecule has 1 unspecified atom stereocenters. The minimum Gasteiger partial charge on any atom is -0.456 e. The van der Waals surface area contributed by atoms with Crippen LogP contribution in [0.15, 0.2) is 156 Å². The van der Waals surface area contributed by atoms with Gasteiger partial charge in [0.2, 0.25) is 0 Å². The zero-order valence-electron chi connectivity index (χ0n) is 24.4. The molecule has 212 valence electrons. The van der Waals surface area contributed by atoms with Gasteiger partial charge in [0.05, 0.1) is 0 Å². The highest BCUT2D eigenvalue weighted by Crippen LogP contribution is 2.39. The first kappa shape index (κ1) is 25.6. The summed E-state index contributed by atoms with van der Waals surface area (Å²) in [4.78, 5) is 15.1. The van der Waals surface area contributed by atoms with E-state index >= 15 is 0 Å². The predicted molar refractivity (Wildman–Crippen MR) is 183 cm³/mol. The van der Waals surface area contributed by atoms with Crippen LogP contribution >= 0.6 is 0 Å². The Kier molecular flexibility index (Phi) is 5.91. The maximum absolute atomic E-state index is 6.48. The molecular formula is C41H27N3O. The average Bonchev–Trinajstić information content (AvgIpc) is 3.49. The predicted octanol–water partition coefficient (Wildman–Crippen LogP) is 10.4. The molecule has 45 heavy (non-hydrogen) atoms. The van der Waals surface area contributed by atoms with Crippen molar-refractivity contribution in [2.45, 2.75) is 6.42 Å². The van der Waals surface area contributed by atoms with Crippen LogP contribution in [0.4, 0.5) is 0 Å². The van der Waals surface area contributed by atoms with Crippen LogP contribution in [0.5, 0.6) is 0 Å². The van der Waals surface area contributed by atoms with Gasteiger partial charge < -0.3 is 4.42 Å². The van der Waals surface area contributed by atoms with Gasteiger partial charge in [0.15, 0.2) is 17.5 Å². The first-order chi connectivity index (χ1) is 22.3. The van der Waals surface area contributed by atoms with Gasteiger partial charge in [-0.1, -0.05) is 115 Å². The molecule has 1 atom stereocenters. The van der Waals surface area contributed by atoms with Gasteiger partial charge in [-0.05, 0) is 64.2 Å². The molecule has 0 fully saturated rings. The number of fused-ring (bicyclic) bond motifs is 5. The summed E-state index contributed by atoms with van der Waals surface area (Å²) in [5.74, 6) is 2.36. The molecule has 5 aromatic carbocycles. The lowest BCUT2D eigenvalue weighted by molar-refractivity contribution is 0.669. The minimum atomic E-state index is 0.402. The third kappa shape index (κ3) is 4.50. The summed E-state index contributed by atoms with van der Waals surface area (Å²) in [7, 11) is 0. The lowest BCUT2D eigenvalue weighted by atomic mass is 9.85. The summed E-state index contributed by atoms with van der Waals surface area (Å²) in [6, 6.07) is 37.7. The van der Waals surface area contributed by atoms with Crippen LogP contribution in [0.1, 0.15) is 12.2 Å². The Bertz CT molecular complexity index is 2410. The highest BCUT2D eigenvalue weighted by atomic mass is 16.3. The Hall–Kier alpha value is -5.87. The summed E-state index contributed by atoms with van der Waals surface area (Å²) >= 11 is 0. The molecule has 0 spiro atoms. The SMILES string of the molecule is C1=CC2=CC(c3nc(-c4ccccc4)nc(-c4cccc5oc6cc(-c7ccc8ccccc8c7)ccc6c45)n3)=CCC2C=C1. The Balaban J connectivity index is 1.20. The number of aromatic nitrogens is 3. The number of benzene rings is 5. The highest BCUT2D eigenvalue weighted by molar-refractivity contribution is 6.12. The quantitative estimate of drug-likeness (QED) is 0.209. The molecule has 0 aliphatic heterocycles. The lowest BCUT2D eigenvalue weighted by Gasteiger charge is -2.20. The van der Waals surface area contributed by atoms with Crippen molar-refractivity contribution in [1.29, 1.82) is 0 Å². The summed E-state index contributed by atoms with van der Waals surface area (Å²) in [5, 5.41) is 4.49. The van der Waals surface area contributed by atoms with Crippen molar-refractivity contribution < 1.29 is 4.42 Å². The highest BCUT2D eigenvalue weighted by Gasteiger charge is 2.21. The van der Waals surface area contributed by atoms with Crippen molar-refractivity contribution in [2.24, 2.45) is 5.92 Å². The van der Waals surface area contributed by atoms with Crippen molar-refractivity contribution in [2.75, 3.05) is 0 Å². The average molecular weight is 578 g/mol. The molecule has 0 saturated heterocycles. The van der Waals surface area contributed by atoms with Gasteiger partial charge in [-0.3, -0.25) is 0 Å². The molecule has 7 aromatic rings. The van der Waals surface area contributed by atoms with E-state index in [1.807, 2.05) is 42.5 Å². The normalized spacial score (nSPS) is 15.8. The molecule has 2 aromatic heterocycles. The van der Waals surface area contributed by atoms with E-state index in [4.69, 9.17) is 19.4 Å². The monoisotopic (exact) mass is 577 g/mol. The maximum atomic E-state index is 6.48. The van der Waals surface area contributed by atoms with E-state index < -0.39 is 0 Å². The molecule has 2 heterocycles. The zero-order valence-corrected chi connectivity index (χ0v) is 24.4. The first-order valence-electron chi connectivity index (χ1n) is 15.3. The second kappa shape index (κ2) is 10.4. The van der Waals surface area contributed by atoms with E-state index in [1.54, 1.807) is 0 Å². The minimum absolute atomic E-state index is 0.402. The molecule has 2 aliphatic rings. The van der Waals surface area contributed by atoms with Crippen LogP contribution in [0.2, 0.25) is 0 Å². The van der Waals surface area contributed by atoms with Gasteiger partial charge in [-0.15, -0.1) is 0 Å². The number of allylic oxidation sites excluding steroid dienone is 8. The number of furan rings is 1. The second-order valence-electron chi connectivity index (χ2n) is 11.6. The van der Waals surface area contributed by atoms with Crippen LogP contribution in [-0.2, 0) is 0 Å². The molecule has 0 saturated carbocycles. The molecule has 0 bridgehead atoms. The number of hydrogen-bond donors (Lipinski definition) is 0. The third-order valence-corrected chi connectivity index (χ3v) is 8.83. The smallest absolute Gasteiger partial charge is 0.164 e. The van der Waals surface area contributed by atoms with Gasteiger partial charge in [-0.2, -0.15) is 0 Å². The maximum Gasteiger partial charge on any atom is 0.164 e. The van der Waals surface area contributed by atoms with Crippen molar-refractivity contribution in [3.8, 4) is 33.9 Å². The summed E-state index contributed by atoms with van der Waals surface area (Å²) in [6.45, 7) is 0. The fraction of sp³-hybridized carbons (Fsp3) is 0.0488. The fourth-order valence-electron chi connectivity index (χ4n) is 6.52. The van der Waals surface area contributed by atoms with Crippen molar-refractivity contribution in [1.82, 2.24) is 15.0 Å². The number of nitrogens with zero attached hydrogens (tertiary/aromatic N) is 3. The summed E-state index contributed by atoms with van der Waals surface area (Å²) in [6.07, 6.45) is 14.0. The van der Waals surface area contributed by atoms with Gasteiger partial charge in [-0.25, -0.2) is 15.0 Å². The molecule has 0 radical (unpaired) electrons. The number of rotatable bonds is 4. The molecule has 0 amide bonds. The van der Waals surface area contributed by atoms with Crippen LogP contribution in [0.25, 0.3) is 72.2 Å². The Morgan fingerprint density at radius 1 is 0.600 bits per heavy atom. The standard InChI is InChI=1S/C41H27N3O/c1-2-11-28(12-3-1)39-42-40(33-20-18-27-10-5-7-14-30(27)24-33)44-41(43-39)35-15-8-16-36-38(35)34-22-21-32(25-37(34)45-36)31-19-17-26-9-4-6-13-29(26)23-31/h1-17,19-25,27H,18H2. The first-order valence-corrected chi connectivity index (χ1v) is 15.3. The molecule has 0 N–H and O–H groups in total. The van der Waals surface area contributed by atoms with Gasteiger partial charge >= 0.3 is 0 Å². The second-order valence-corrected chi connectivity index (χ2v) is 11.6. The summed E-state index contributed by atoms with van der Waals surface area (Å²) < 4.78 is 6.48. The fourth-order valence-corrected chi connectivity index (χ4v) is 6.52. The van der Waals surface area contributed by atoms with Crippen molar-refractivity contribution in [3.05, 3.63) is 157 Å². The van der Waals surface area contributed by atoms with E-state index in [0.29, 0.717) is 23.4 Å². The van der Waals surface area contributed by atoms with Crippen LogP contribution < -0.4 is 0 Å². The van der Waals surface area contributed by atoms with Crippen LogP contribution in [0, 0.1) is 5.92 Å². The number of hydrogen-bond acceptors (Lipinski definition) is 4. The lowest BCUT2D eigenvalue weighted by Crippen LogP contribution is -2.08. The van der Waals surface area contributed by atoms with Crippen molar-refractivity contribution in [3.63, 3.8) is 0 Å². The van der Waals surface area contributed by atoms with Crippen LogP contribution in [0.3, 0.4) is 0 Å². The molecule has 9 rings (SSSR count). The molecule has 4 heteroatoms. The van der Waals surface area contributed by atoms with Crippen molar-refractivity contribution >= 4 is 38.3 Å². The molecule has 4 nitrogen and oxygen atoms in total. The van der Waals surface area contributed by atoms with Gasteiger partial charge in [0.1, 0.15) is 11.2 Å². The third-order valence-electron chi connectivity index (χ3n) is 8.83. The topological polar surface area (TPSA) is 51.8 Å². The van der Waals surface area contributed by atoms with Gasteiger partial charge in [0, 0.05) is 33.4 Å². The zero-order chi connectivity index (χ0) is 29.7. The molecular weight excluding hydrogens is 550 g/mol. The van der Waals surface area contributed by atoms with Gasteiger partial charge in [0.25, 0.3) is 0 Å². The Morgan fingerprint density at radius 2 is 1.40 bits per heavy atom. The molecule has 2 aliphatic carbocycles. The van der Waals surface area contributed by atoms with E-state index in [1.165, 1.54) is 16.3 Å².